The van der Waals surface area contributed by atoms with Crippen LogP contribution in [0.25, 0.3) is 0 Å². The highest BCUT2D eigenvalue weighted by atomic mass is 19.1. The van der Waals surface area contributed by atoms with Gasteiger partial charge in [-0.15, -0.1) is 0 Å². The van der Waals surface area contributed by atoms with Crippen molar-refractivity contribution in [2.75, 3.05) is 18.8 Å². The lowest BCUT2D eigenvalue weighted by Gasteiger charge is -2.15. The molecule has 5 heteroatoms. The molecule has 0 unspecified atom stereocenters. The van der Waals surface area contributed by atoms with Crippen molar-refractivity contribution < 1.29 is 14.3 Å². The first-order chi connectivity index (χ1) is 7.58. The van der Waals surface area contributed by atoms with Crippen molar-refractivity contribution in [1.29, 1.82) is 0 Å². The van der Waals surface area contributed by atoms with Gasteiger partial charge in [0.2, 0.25) is 0 Å². The lowest BCUT2D eigenvalue weighted by molar-refractivity contribution is 0.0764. The van der Waals surface area contributed by atoms with Crippen LogP contribution in [-0.2, 0) is 0 Å². The van der Waals surface area contributed by atoms with E-state index < -0.39 is 11.9 Å². The van der Waals surface area contributed by atoms with Crippen LogP contribution in [-0.4, -0.2) is 35.1 Å². The topological polar surface area (TPSA) is 66.6 Å². The number of nitrogen functional groups attached to an aromatic ring is 1. The number of rotatable bonds is 1. The number of benzene rings is 1. The van der Waals surface area contributed by atoms with E-state index in [2.05, 4.69) is 0 Å². The number of hydrogen-bond acceptors (Lipinski definition) is 3. The predicted octanol–water partition coefficient (Wildman–Crippen LogP) is 0.615. The summed E-state index contributed by atoms with van der Waals surface area (Å²) in [7, 11) is 0. The third-order valence-corrected chi connectivity index (χ3v) is 2.70. The molecule has 1 aliphatic rings. The van der Waals surface area contributed by atoms with Crippen LogP contribution < -0.4 is 5.73 Å². The number of amides is 1. The van der Waals surface area contributed by atoms with E-state index in [1.807, 2.05) is 0 Å². The fourth-order valence-electron chi connectivity index (χ4n) is 1.77. The SMILES string of the molecule is Nc1ccc(C(=O)N2CC[C@H](O)C2)cc1F. The van der Waals surface area contributed by atoms with E-state index in [0.717, 1.165) is 6.07 Å². The summed E-state index contributed by atoms with van der Waals surface area (Å²) in [5.74, 6) is -0.860. The number of aliphatic hydroxyl groups is 1. The molecule has 3 N–H and O–H groups in total. The molecular weight excluding hydrogens is 211 g/mol. The third-order valence-electron chi connectivity index (χ3n) is 2.70. The quantitative estimate of drug-likeness (QED) is 0.687. The molecule has 1 aromatic carbocycles. The maximum atomic E-state index is 13.2. The Balaban J connectivity index is 2.18. The maximum Gasteiger partial charge on any atom is 0.254 e. The Morgan fingerprint density at radius 2 is 2.31 bits per heavy atom. The van der Waals surface area contributed by atoms with Crippen LogP contribution in [0.3, 0.4) is 0 Å². The minimum absolute atomic E-state index is 0.0259. The summed E-state index contributed by atoms with van der Waals surface area (Å²) < 4.78 is 13.2. The number of nitrogens with zero attached hydrogens (tertiary/aromatic N) is 1. The van der Waals surface area contributed by atoms with E-state index in [9.17, 15) is 14.3 Å². The van der Waals surface area contributed by atoms with Gasteiger partial charge in [0.05, 0.1) is 11.8 Å². The van der Waals surface area contributed by atoms with Gasteiger partial charge in [-0.3, -0.25) is 4.79 Å². The molecule has 1 heterocycles. The molecule has 4 nitrogen and oxygen atoms in total. The largest absolute Gasteiger partial charge is 0.396 e. The van der Waals surface area contributed by atoms with Crippen LogP contribution in [0, 0.1) is 5.82 Å². The molecule has 1 atom stereocenters. The van der Waals surface area contributed by atoms with Gasteiger partial charge < -0.3 is 15.7 Å². The number of carbonyl (C=O) groups is 1. The fourth-order valence-corrected chi connectivity index (χ4v) is 1.77. The van der Waals surface area contributed by atoms with Crippen LogP contribution in [0.4, 0.5) is 10.1 Å². The summed E-state index contributed by atoms with van der Waals surface area (Å²) in [6, 6.07) is 3.99. The minimum Gasteiger partial charge on any atom is -0.396 e. The van der Waals surface area contributed by atoms with Crippen molar-refractivity contribution in [3.63, 3.8) is 0 Å². The van der Waals surface area contributed by atoms with Gasteiger partial charge in [-0.1, -0.05) is 0 Å². The summed E-state index contributed by atoms with van der Waals surface area (Å²) in [4.78, 5) is 13.4. The number of nitrogens with two attached hydrogens (primary N) is 1. The molecule has 1 saturated heterocycles. The Bertz CT molecular complexity index is 422. The first kappa shape index (κ1) is 10.9. The number of β-amino-alcohol motifs (C(OH)–C–C–N with tert-alkyl or cyclic N) is 1. The standard InChI is InChI=1S/C11H13FN2O2/c12-9-5-7(1-2-10(9)13)11(16)14-4-3-8(15)6-14/h1-2,5,8,15H,3-4,6,13H2/t8-/m0/s1. The molecule has 0 spiro atoms. The lowest BCUT2D eigenvalue weighted by Crippen LogP contribution is -2.29. The van der Waals surface area contributed by atoms with Gasteiger partial charge in [0.25, 0.3) is 5.91 Å². The Morgan fingerprint density at radius 3 is 2.88 bits per heavy atom. The van der Waals surface area contributed by atoms with E-state index >= 15 is 0 Å². The first-order valence-electron chi connectivity index (χ1n) is 5.10. The van der Waals surface area contributed by atoms with Gasteiger partial charge in [0.15, 0.2) is 0 Å². The second-order valence-electron chi connectivity index (χ2n) is 3.93. The monoisotopic (exact) mass is 224 g/mol. The van der Waals surface area contributed by atoms with Crippen molar-refractivity contribution in [3.05, 3.63) is 29.6 Å². The second kappa shape index (κ2) is 4.09. The predicted molar refractivity (Wildman–Crippen MR) is 57.3 cm³/mol. The summed E-state index contributed by atoms with van der Waals surface area (Å²) in [6.07, 6.45) is 0.103. The molecule has 0 saturated carbocycles. The van der Waals surface area contributed by atoms with E-state index in [0.29, 0.717) is 19.5 Å². The number of halogens is 1. The molecule has 1 fully saturated rings. The highest BCUT2D eigenvalue weighted by molar-refractivity contribution is 5.94. The summed E-state index contributed by atoms with van der Waals surface area (Å²) in [5.41, 5.74) is 5.62. The number of aliphatic hydroxyl groups excluding tert-OH is 1. The smallest absolute Gasteiger partial charge is 0.254 e. The Morgan fingerprint density at radius 1 is 1.56 bits per heavy atom. The van der Waals surface area contributed by atoms with Crippen molar-refractivity contribution in [2.24, 2.45) is 0 Å². The van der Waals surface area contributed by atoms with E-state index in [-0.39, 0.29) is 17.2 Å². The Hall–Kier alpha value is -1.62. The zero-order valence-corrected chi connectivity index (χ0v) is 8.69. The highest BCUT2D eigenvalue weighted by Crippen LogP contribution is 2.17. The third kappa shape index (κ3) is 1.99. The Labute approximate surface area is 92.5 Å². The average Bonchev–Trinajstić information content (AvgIpc) is 2.68. The minimum atomic E-state index is -0.592. The number of likely N-dealkylation sites (tertiary alicyclic amines) is 1. The molecule has 2 rings (SSSR count). The van der Waals surface area contributed by atoms with Crippen LogP contribution >= 0.6 is 0 Å². The zero-order valence-electron chi connectivity index (χ0n) is 8.69. The van der Waals surface area contributed by atoms with Crippen molar-refractivity contribution in [1.82, 2.24) is 4.90 Å². The molecule has 0 aromatic heterocycles. The molecule has 0 aliphatic carbocycles. The van der Waals surface area contributed by atoms with Crippen LogP contribution in [0.15, 0.2) is 18.2 Å². The summed E-state index contributed by atoms with van der Waals surface area (Å²) in [6.45, 7) is 0.816. The van der Waals surface area contributed by atoms with Gasteiger partial charge >= 0.3 is 0 Å². The highest BCUT2D eigenvalue weighted by Gasteiger charge is 2.25. The average molecular weight is 224 g/mol. The molecule has 1 amide bonds. The number of hydrogen-bond donors (Lipinski definition) is 2. The van der Waals surface area contributed by atoms with Gasteiger partial charge in [0, 0.05) is 18.7 Å². The van der Waals surface area contributed by atoms with Crippen LogP contribution in [0.2, 0.25) is 0 Å². The normalized spacial score (nSPS) is 20.1. The van der Waals surface area contributed by atoms with Gasteiger partial charge in [-0.05, 0) is 24.6 Å². The summed E-state index contributed by atoms with van der Waals surface area (Å²) >= 11 is 0. The van der Waals surface area contributed by atoms with Crippen molar-refractivity contribution in [2.45, 2.75) is 12.5 Å². The zero-order chi connectivity index (χ0) is 11.7. The first-order valence-corrected chi connectivity index (χ1v) is 5.10. The van der Waals surface area contributed by atoms with Gasteiger partial charge in [0.1, 0.15) is 5.82 Å². The molecule has 1 aromatic rings. The number of carbonyl (C=O) groups excluding carboxylic acids is 1. The van der Waals surface area contributed by atoms with Crippen molar-refractivity contribution >= 4 is 11.6 Å². The molecular formula is C11H13FN2O2. The van der Waals surface area contributed by atoms with E-state index in [4.69, 9.17) is 5.73 Å². The molecule has 1 aliphatic heterocycles. The number of anilines is 1. The van der Waals surface area contributed by atoms with E-state index in [1.54, 1.807) is 0 Å². The summed E-state index contributed by atoms with van der Waals surface area (Å²) in [5, 5.41) is 9.31. The van der Waals surface area contributed by atoms with Crippen LogP contribution in [0.1, 0.15) is 16.8 Å². The molecule has 0 bridgehead atoms. The molecule has 0 radical (unpaired) electrons. The van der Waals surface area contributed by atoms with Crippen LogP contribution in [0.5, 0.6) is 0 Å². The molecule has 86 valence electrons. The lowest BCUT2D eigenvalue weighted by atomic mass is 10.2. The van der Waals surface area contributed by atoms with Gasteiger partial charge in [-0.2, -0.15) is 0 Å². The van der Waals surface area contributed by atoms with Crippen molar-refractivity contribution in [3.8, 4) is 0 Å². The van der Waals surface area contributed by atoms with Gasteiger partial charge in [-0.25, -0.2) is 4.39 Å². The maximum absolute atomic E-state index is 13.2. The van der Waals surface area contributed by atoms with E-state index in [1.165, 1.54) is 17.0 Å². The molecule has 16 heavy (non-hydrogen) atoms. The fraction of sp³-hybridized carbons (Fsp3) is 0.364. The second-order valence-corrected chi connectivity index (χ2v) is 3.93. The Kier molecular flexibility index (Phi) is 2.78.